The highest BCUT2D eigenvalue weighted by Gasteiger charge is 2.29. The number of ether oxygens (including phenoxy) is 1. The fourth-order valence-electron chi connectivity index (χ4n) is 2.83. The van der Waals surface area contributed by atoms with Crippen molar-refractivity contribution in [1.82, 2.24) is 0 Å². The summed E-state index contributed by atoms with van der Waals surface area (Å²) in [4.78, 5) is 22.6. The molecule has 0 saturated heterocycles. The van der Waals surface area contributed by atoms with Crippen molar-refractivity contribution in [3.8, 4) is 0 Å². The largest absolute Gasteiger partial charge is 0.478 e. The number of carboxylic acids is 1. The number of carbonyl (C=O) groups is 2. The Kier molecular flexibility index (Phi) is 6.66. The van der Waals surface area contributed by atoms with Gasteiger partial charge in [-0.2, -0.15) is 13.2 Å². The van der Waals surface area contributed by atoms with Crippen LogP contribution >= 0.6 is 0 Å². The van der Waals surface area contributed by atoms with Gasteiger partial charge in [0.05, 0.1) is 24.3 Å². The van der Waals surface area contributed by atoms with Crippen LogP contribution in [0, 0.1) is 6.92 Å². The SMILES string of the molecule is COC(=O)c1ccc(NC(CCC(F)(F)F)c2ccc(C(=O)O)cc2C)cc1. The number of rotatable bonds is 7. The second-order valence-electron chi connectivity index (χ2n) is 6.30. The lowest BCUT2D eigenvalue weighted by atomic mass is 9.95. The third-order valence-electron chi connectivity index (χ3n) is 4.26. The van der Waals surface area contributed by atoms with Crippen LogP contribution in [0.15, 0.2) is 42.5 Å². The number of nitrogens with one attached hydrogen (secondary N) is 1. The first kappa shape index (κ1) is 21.3. The number of carbonyl (C=O) groups excluding carboxylic acids is 1. The molecular weight excluding hydrogens is 375 g/mol. The topological polar surface area (TPSA) is 75.6 Å². The van der Waals surface area contributed by atoms with Crippen LogP contribution in [-0.2, 0) is 4.74 Å². The molecule has 0 bridgehead atoms. The predicted molar refractivity (Wildman–Crippen MR) is 97.6 cm³/mol. The van der Waals surface area contributed by atoms with Crippen molar-refractivity contribution in [3.05, 3.63) is 64.7 Å². The molecule has 2 aromatic carbocycles. The lowest BCUT2D eigenvalue weighted by Crippen LogP contribution is -2.17. The number of methoxy groups -OCH3 is 1. The summed E-state index contributed by atoms with van der Waals surface area (Å²) in [5, 5.41) is 12.1. The van der Waals surface area contributed by atoms with E-state index in [0.717, 1.165) is 0 Å². The molecule has 1 unspecified atom stereocenters. The van der Waals surface area contributed by atoms with Gasteiger partial charge in [-0.05, 0) is 60.9 Å². The van der Waals surface area contributed by atoms with Crippen molar-refractivity contribution in [2.75, 3.05) is 12.4 Å². The molecule has 0 aromatic heterocycles. The molecule has 5 nitrogen and oxygen atoms in total. The van der Waals surface area contributed by atoms with Gasteiger partial charge in [-0.1, -0.05) is 6.07 Å². The Bertz CT molecular complexity index is 848. The lowest BCUT2D eigenvalue weighted by Gasteiger charge is -2.23. The summed E-state index contributed by atoms with van der Waals surface area (Å²) < 4.78 is 42.9. The Balaban J connectivity index is 2.29. The van der Waals surface area contributed by atoms with Crippen LogP contribution in [0.3, 0.4) is 0 Å². The molecule has 150 valence electrons. The molecule has 0 radical (unpaired) electrons. The molecule has 0 fully saturated rings. The second kappa shape index (κ2) is 8.77. The molecule has 2 aromatic rings. The van der Waals surface area contributed by atoms with E-state index in [-0.39, 0.29) is 12.0 Å². The lowest BCUT2D eigenvalue weighted by molar-refractivity contribution is -0.136. The van der Waals surface area contributed by atoms with Crippen molar-refractivity contribution in [3.63, 3.8) is 0 Å². The Morgan fingerprint density at radius 3 is 2.21 bits per heavy atom. The summed E-state index contributed by atoms with van der Waals surface area (Å²) in [5.41, 5.74) is 2.07. The number of aromatic carboxylic acids is 1. The summed E-state index contributed by atoms with van der Waals surface area (Å²) in [6.07, 6.45) is -5.54. The van der Waals surface area contributed by atoms with Gasteiger partial charge in [0, 0.05) is 12.1 Å². The minimum Gasteiger partial charge on any atom is -0.478 e. The van der Waals surface area contributed by atoms with Gasteiger partial charge < -0.3 is 15.2 Å². The highest BCUT2D eigenvalue weighted by atomic mass is 19.4. The number of aryl methyl sites for hydroxylation is 1. The van der Waals surface area contributed by atoms with Crippen molar-refractivity contribution < 1.29 is 32.6 Å². The van der Waals surface area contributed by atoms with Crippen molar-refractivity contribution in [1.29, 1.82) is 0 Å². The Hall–Kier alpha value is -3.03. The molecule has 8 heteroatoms. The van der Waals surface area contributed by atoms with Crippen LogP contribution in [0.1, 0.15) is 50.7 Å². The zero-order valence-electron chi connectivity index (χ0n) is 15.3. The molecule has 0 spiro atoms. The predicted octanol–water partition coefficient (Wildman–Crippen LogP) is 4.98. The van der Waals surface area contributed by atoms with Crippen LogP contribution in [0.4, 0.5) is 18.9 Å². The van der Waals surface area contributed by atoms with Crippen LogP contribution in [0.25, 0.3) is 0 Å². The Morgan fingerprint density at radius 1 is 1.11 bits per heavy atom. The number of benzene rings is 2. The fourth-order valence-corrected chi connectivity index (χ4v) is 2.83. The molecular formula is C20H20F3NO4. The maximum Gasteiger partial charge on any atom is 0.389 e. The smallest absolute Gasteiger partial charge is 0.389 e. The molecule has 1 atom stereocenters. The first-order chi connectivity index (χ1) is 13.1. The van der Waals surface area contributed by atoms with Gasteiger partial charge in [-0.3, -0.25) is 0 Å². The molecule has 2 N–H and O–H groups in total. The standard InChI is InChI=1S/C20H20F3NO4/c1-12-11-14(18(25)26)5-8-16(12)17(9-10-20(21,22)23)24-15-6-3-13(4-7-15)19(27)28-2/h3-8,11,17,24H,9-10H2,1-2H3,(H,25,26). The number of carboxylic acid groups (broad SMARTS) is 1. The van der Waals surface area contributed by atoms with Gasteiger partial charge in [0.2, 0.25) is 0 Å². The van der Waals surface area contributed by atoms with E-state index in [1.807, 2.05) is 0 Å². The maximum absolute atomic E-state index is 12.8. The normalized spacial score (nSPS) is 12.3. The number of hydrogen-bond donors (Lipinski definition) is 2. The van der Waals surface area contributed by atoms with Crippen LogP contribution < -0.4 is 5.32 Å². The van der Waals surface area contributed by atoms with E-state index in [9.17, 15) is 22.8 Å². The number of halogens is 3. The average molecular weight is 395 g/mol. The molecule has 0 saturated carbocycles. The van der Waals surface area contributed by atoms with Crippen molar-refractivity contribution in [2.24, 2.45) is 0 Å². The van der Waals surface area contributed by atoms with E-state index in [1.165, 1.54) is 37.4 Å². The van der Waals surface area contributed by atoms with Gasteiger partial charge in [0.25, 0.3) is 0 Å². The quantitative estimate of drug-likeness (QED) is 0.647. The van der Waals surface area contributed by atoms with E-state index < -0.39 is 30.6 Å². The molecule has 0 aliphatic carbocycles. The maximum atomic E-state index is 12.8. The highest BCUT2D eigenvalue weighted by Crippen LogP contribution is 2.32. The second-order valence-corrected chi connectivity index (χ2v) is 6.30. The van der Waals surface area contributed by atoms with Crippen molar-refractivity contribution in [2.45, 2.75) is 32.0 Å². The number of esters is 1. The van der Waals surface area contributed by atoms with Gasteiger partial charge in [0.1, 0.15) is 0 Å². The molecule has 2 rings (SSSR count). The van der Waals surface area contributed by atoms with Crippen LogP contribution in [-0.4, -0.2) is 30.3 Å². The first-order valence-corrected chi connectivity index (χ1v) is 8.46. The van der Waals surface area contributed by atoms with Gasteiger partial charge in [-0.25, -0.2) is 9.59 Å². The van der Waals surface area contributed by atoms with Crippen LogP contribution in [0.5, 0.6) is 0 Å². The summed E-state index contributed by atoms with van der Waals surface area (Å²) in [6.45, 7) is 1.66. The first-order valence-electron chi connectivity index (χ1n) is 8.46. The zero-order valence-corrected chi connectivity index (χ0v) is 15.3. The molecule has 0 aliphatic heterocycles. The average Bonchev–Trinajstić information content (AvgIpc) is 2.64. The van der Waals surface area contributed by atoms with Gasteiger partial charge >= 0.3 is 18.1 Å². The fraction of sp³-hybridized carbons (Fsp3) is 0.300. The minimum absolute atomic E-state index is 0.0678. The van der Waals surface area contributed by atoms with E-state index in [4.69, 9.17) is 5.11 Å². The summed E-state index contributed by atoms with van der Waals surface area (Å²) in [5.74, 6) is -1.62. The monoisotopic (exact) mass is 395 g/mol. The Morgan fingerprint density at radius 2 is 1.71 bits per heavy atom. The summed E-state index contributed by atoms with van der Waals surface area (Å²) in [6, 6.07) is 9.81. The zero-order chi connectivity index (χ0) is 20.9. The van der Waals surface area contributed by atoms with Crippen molar-refractivity contribution >= 4 is 17.6 Å². The van der Waals surface area contributed by atoms with E-state index in [1.54, 1.807) is 19.1 Å². The van der Waals surface area contributed by atoms with Gasteiger partial charge in [0.15, 0.2) is 0 Å². The highest BCUT2D eigenvalue weighted by molar-refractivity contribution is 5.89. The van der Waals surface area contributed by atoms with Crippen LogP contribution in [0.2, 0.25) is 0 Å². The summed E-state index contributed by atoms with van der Waals surface area (Å²) in [7, 11) is 1.26. The number of anilines is 1. The Labute approximate surface area is 160 Å². The number of alkyl halides is 3. The van der Waals surface area contributed by atoms with E-state index >= 15 is 0 Å². The summed E-state index contributed by atoms with van der Waals surface area (Å²) >= 11 is 0. The molecule has 0 heterocycles. The molecule has 0 aliphatic rings. The molecule has 28 heavy (non-hydrogen) atoms. The van der Waals surface area contributed by atoms with E-state index in [0.29, 0.717) is 22.4 Å². The molecule has 0 amide bonds. The number of hydrogen-bond acceptors (Lipinski definition) is 4. The van der Waals surface area contributed by atoms with E-state index in [2.05, 4.69) is 10.1 Å². The third kappa shape index (κ3) is 5.73. The third-order valence-corrected chi connectivity index (χ3v) is 4.26. The minimum atomic E-state index is -4.32. The van der Waals surface area contributed by atoms with Gasteiger partial charge in [-0.15, -0.1) is 0 Å².